The molecule has 0 saturated heterocycles. The summed E-state index contributed by atoms with van der Waals surface area (Å²) in [7, 11) is 0. The van der Waals surface area contributed by atoms with E-state index in [4.69, 9.17) is 4.74 Å². The molecule has 0 saturated carbocycles. The van der Waals surface area contributed by atoms with Crippen molar-refractivity contribution >= 4 is 54.3 Å². The number of fused-ring (bicyclic) bond motifs is 1. The maximum Gasteiger partial charge on any atom is 0.277 e. The van der Waals surface area contributed by atoms with Gasteiger partial charge in [0.05, 0.1) is 10.2 Å². The number of carbonyl (C=O) groups excluding carboxylic acids is 1. The zero-order valence-corrected chi connectivity index (χ0v) is 19.3. The van der Waals surface area contributed by atoms with Crippen LogP contribution in [0.4, 0.5) is 0 Å². The summed E-state index contributed by atoms with van der Waals surface area (Å²) in [5, 5.41) is 6.45. The summed E-state index contributed by atoms with van der Waals surface area (Å²) in [5.41, 5.74) is 4.52. The fourth-order valence-corrected chi connectivity index (χ4v) is 3.89. The van der Waals surface area contributed by atoms with Crippen LogP contribution in [0.5, 0.6) is 5.75 Å². The first-order chi connectivity index (χ1) is 14.1. The number of hydrazone groups is 1. The van der Waals surface area contributed by atoms with Crippen molar-refractivity contribution in [3.63, 3.8) is 0 Å². The molecule has 0 radical (unpaired) electrons. The number of ether oxygens (including phenoxy) is 1. The second-order valence-electron chi connectivity index (χ2n) is 6.59. The molecule has 0 aliphatic carbocycles. The molecular formula is C23H22Br2N2O2. The monoisotopic (exact) mass is 516 g/mol. The molecule has 0 fully saturated rings. The highest BCUT2D eigenvalue weighted by molar-refractivity contribution is 9.11. The van der Waals surface area contributed by atoms with E-state index in [1.165, 1.54) is 0 Å². The third-order valence-electron chi connectivity index (χ3n) is 4.43. The van der Waals surface area contributed by atoms with Crippen LogP contribution in [0, 0.1) is 0 Å². The highest BCUT2D eigenvalue weighted by atomic mass is 79.9. The zero-order valence-electron chi connectivity index (χ0n) is 16.1. The first-order valence-electron chi connectivity index (χ1n) is 9.50. The molecule has 0 aromatic heterocycles. The van der Waals surface area contributed by atoms with Crippen LogP contribution in [0.2, 0.25) is 0 Å². The molecule has 0 unspecified atom stereocenters. The topological polar surface area (TPSA) is 50.7 Å². The Hall–Kier alpha value is -2.18. The van der Waals surface area contributed by atoms with E-state index in [0.717, 1.165) is 50.3 Å². The number of benzene rings is 3. The molecule has 150 valence electrons. The number of rotatable bonds is 8. The van der Waals surface area contributed by atoms with Gasteiger partial charge in [0.1, 0.15) is 5.75 Å². The van der Waals surface area contributed by atoms with Gasteiger partial charge in [0.25, 0.3) is 5.91 Å². The predicted octanol–water partition coefficient (Wildman–Crippen LogP) is 6.45. The smallest absolute Gasteiger partial charge is 0.277 e. The van der Waals surface area contributed by atoms with Crippen molar-refractivity contribution in [2.75, 3.05) is 6.61 Å². The fourth-order valence-electron chi connectivity index (χ4n) is 2.90. The summed E-state index contributed by atoms with van der Waals surface area (Å²) in [4.78, 5) is 12.3. The minimum absolute atomic E-state index is 0.111. The minimum Gasteiger partial charge on any atom is -0.483 e. The van der Waals surface area contributed by atoms with Gasteiger partial charge in [-0.25, -0.2) is 5.43 Å². The van der Waals surface area contributed by atoms with Gasteiger partial charge in [0, 0.05) is 4.47 Å². The second kappa shape index (κ2) is 10.6. The number of amides is 1. The van der Waals surface area contributed by atoms with Gasteiger partial charge in [-0.05, 0) is 63.3 Å². The maximum absolute atomic E-state index is 12.3. The Morgan fingerprint density at radius 2 is 1.86 bits per heavy atom. The first-order valence-corrected chi connectivity index (χ1v) is 11.1. The van der Waals surface area contributed by atoms with Gasteiger partial charge in [-0.3, -0.25) is 4.79 Å². The molecule has 1 amide bonds. The van der Waals surface area contributed by atoms with E-state index in [0.29, 0.717) is 5.75 Å². The quantitative estimate of drug-likeness (QED) is 0.275. The molecule has 0 bridgehead atoms. The molecule has 0 aliphatic rings. The molecule has 0 spiro atoms. The largest absolute Gasteiger partial charge is 0.483 e. The normalized spacial score (nSPS) is 11.5. The van der Waals surface area contributed by atoms with Gasteiger partial charge in [0.2, 0.25) is 0 Å². The van der Waals surface area contributed by atoms with Gasteiger partial charge >= 0.3 is 0 Å². The standard InChI is InChI=1S/C23H22Br2N2O2/c1-2-3-9-20(16-7-5-4-6-8-16)26-27-22(28)15-29-21-13-10-17-14-18(24)11-12-19(17)23(21)25/h4-8,10-14H,2-3,9,15H2,1H3,(H,27,28). The van der Waals surface area contributed by atoms with Crippen molar-refractivity contribution in [1.29, 1.82) is 0 Å². The minimum atomic E-state index is -0.294. The van der Waals surface area contributed by atoms with Crippen LogP contribution in [0.15, 0.2) is 74.7 Å². The molecular weight excluding hydrogens is 496 g/mol. The Bertz CT molecular complexity index is 1020. The van der Waals surface area contributed by atoms with Crippen molar-refractivity contribution < 1.29 is 9.53 Å². The number of carbonyl (C=O) groups is 1. The molecule has 0 atom stereocenters. The summed E-state index contributed by atoms with van der Waals surface area (Å²) in [5.74, 6) is 0.325. The van der Waals surface area contributed by atoms with E-state index < -0.39 is 0 Å². The van der Waals surface area contributed by atoms with Crippen LogP contribution in [-0.2, 0) is 4.79 Å². The SMILES string of the molecule is CCCCC(=NNC(=O)COc1ccc2cc(Br)ccc2c1Br)c1ccccc1. The van der Waals surface area contributed by atoms with E-state index in [1.807, 2.05) is 60.7 Å². The van der Waals surface area contributed by atoms with Gasteiger partial charge in [-0.2, -0.15) is 5.10 Å². The zero-order chi connectivity index (χ0) is 20.6. The molecule has 3 rings (SSSR count). The molecule has 1 N–H and O–H groups in total. The summed E-state index contributed by atoms with van der Waals surface area (Å²) in [6, 6.07) is 19.7. The predicted molar refractivity (Wildman–Crippen MR) is 125 cm³/mol. The van der Waals surface area contributed by atoms with Gasteiger partial charge < -0.3 is 4.74 Å². The lowest BCUT2D eigenvalue weighted by Gasteiger charge is -2.11. The fraction of sp³-hybridized carbons (Fsp3) is 0.217. The van der Waals surface area contributed by atoms with Crippen molar-refractivity contribution in [3.8, 4) is 5.75 Å². The van der Waals surface area contributed by atoms with E-state index in [1.54, 1.807) is 0 Å². The number of halogens is 2. The summed E-state index contributed by atoms with van der Waals surface area (Å²) >= 11 is 7.05. The molecule has 3 aromatic rings. The number of hydrogen-bond donors (Lipinski definition) is 1. The summed E-state index contributed by atoms with van der Waals surface area (Å²) < 4.78 is 7.56. The van der Waals surface area contributed by atoms with Gasteiger partial charge in [0.15, 0.2) is 6.61 Å². The first kappa shape index (κ1) is 21.5. The average Bonchev–Trinajstić information content (AvgIpc) is 2.74. The maximum atomic E-state index is 12.3. The molecule has 0 aliphatic heterocycles. The van der Waals surface area contributed by atoms with Crippen LogP contribution in [0.3, 0.4) is 0 Å². The van der Waals surface area contributed by atoms with Crippen LogP contribution >= 0.6 is 31.9 Å². The lowest BCUT2D eigenvalue weighted by Crippen LogP contribution is -2.26. The van der Waals surface area contributed by atoms with E-state index in [2.05, 4.69) is 49.3 Å². The molecule has 3 aromatic carbocycles. The number of nitrogens with one attached hydrogen (secondary N) is 1. The number of nitrogens with zero attached hydrogens (tertiary/aromatic N) is 1. The number of hydrogen-bond acceptors (Lipinski definition) is 3. The van der Waals surface area contributed by atoms with Crippen molar-refractivity contribution in [3.05, 3.63) is 75.2 Å². The summed E-state index contributed by atoms with van der Waals surface area (Å²) in [6.45, 7) is 2.02. The Morgan fingerprint density at radius 3 is 2.62 bits per heavy atom. The third-order valence-corrected chi connectivity index (χ3v) is 5.74. The Labute approximate surface area is 187 Å². The molecule has 6 heteroatoms. The second-order valence-corrected chi connectivity index (χ2v) is 8.30. The Balaban J connectivity index is 1.65. The highest BCUT2D eigenvalue weighted by Gasteiger charge is 2.10. The lowest BCUT2D eigenvalue weighted by molar-refractivity contribution is -0.123. The Kier molecular flexibility index (Phi) is 7.83. The van der Waals surface area contributed by atoms with Crippen molar-refractivity contribution in [1.82, 2.24) is 5.43 Å². The Morgan fingerprint density at radius 1 is 1.07 bits per heavy atom. The molecule has 29 heavy (non-hydrogen) atoms. The van der Waals surface area contributed by atoms with E-state index >= 15 is 0 Å². The third kappa shape index (κ3) is 5.90. The summed E-state index contributed by atoms with van der Waals surface area (Å²) in [6.07, 6.45) is 2.89. The van der Waals surface area contributed by atoms with Gasteiger partial charge in [-0.1, -0.05) is 71.7 Å². The average molecular weight is 518 g/mol. The van der Waals surface area contributed by atoms with Crippen LogP contribution in [0.1, 0.15) is 31.7 Å². The van der Waals surface area contributed by atoms with Crippen LogP contribution in [0.25, 0.3) is 10.8 Å². The van der Waals surface area contributed by atoms with Crippen LogP contribution in [-0.4, -0.2) is 18.2 Å². The lowest BCUT2D eigenvalue weighted by atomic mass is 10.1. The number of unbranched alkanes of at least 4 members (excludes halogenated alkanes) is 1. The highest BCUT2D eigenvalue weighted by Crippen LogP contribution is 2.34. The van der Waals surface area contributed by atoms with Crippen molar-refractivity contribution in [2.24, 2.45) is 5.10 Å². The van der Waals surface area contributed by atoms with Crippen molar-refractivity contribution in [2.45, 2.75) is 26.2 Å². The molecule has 4 nitrogen and oxygen atoms in total. The van der Waals surface area contributed by atoms with Gasteiger partial charge in [-0.15, -0.1) is 0 Å². The van der Waals surface area contributed by atoms with Crippen LogP contribution < -0.4 is 10.2 Å². The molecule has 0 heterocycles. The van der Waals surface area contributed by atoms with E-state index in [9.17, 15) is 4.79 Å². The van der Waals surface area contributed by atoms with E-state index in [-0.39, 0.29) is 12.5 Å².